The van der Waals surface area contributed by atoms with Crippen LogP contribution in [-0.4, -0.2) is 23.3 Å². The van der Waals surface area contributed by atoms with E-state index in [1.165, 1.54) is 6.08 Å². The van der Waals surface area contributed by atoms with Crippen molar-refractivity contribution in [3.63, 3.8) is 0 Å². The van der Waals surface area contributed by atoms with E-state index in [2.05, 4.69) is 0 Å². The zero-order valence-corrected chi connectivity index (χ0v) is 10.4. The van der Waals surface area contributed by atoms with Gasteiger partial charge in [0.25, 0.3) is 11.8 Å². The van der Waals surface area contributed by atoms with Crippen LogP contribution in [0.4, 0.5) is 0 Å². The molecule has 0 unspecified atom stereocenters. The van der Waals surface area contributed by atoms with Gasteiger partial charge >= 0.3 is 0 Å². The molecule has 0 N–H and O–H groups in total. The van der Waals surface area contributed by atoms with Crippen molar-refractivity contribution in [2.24, 2.45) is 0 Å². The number of carbonyl (C=O) groups excluding carboxylic acids is 2. The normalized spacial score (nSPS) is 15.9. The minimum atomic E-state index is -0.425. The molecule has 1 aliphatic heterocycles. The molecule has 2 rings (SSSR count). The summed E-state index contributed by atoms with van der Waals surface area (Å²) >= 11 is 5.72. The van der Waals surface area contributed by atoms with E-state index < -0.39 is 5.91 Å². The molecule has 0 spiro atoms. The van der Waals surface area contributed by atoms with E-state index in [1.54, 1.807) is 12.2 Å². The van der Waals surface area contributed by atoms with Crippen LogP contribution < -0.4 is 0 Å². The molecule has 0 atom stereocenters. The summed E-state index contributed by atoms with van der Waals surface area (Å²) in [5, 5.41) is 0.114. The van der Waals surface area contributed by atoms with Gasteiger partial charge in [-0.05, 0) is 18.1 Å². The van der Waals surface area contributed by atoms with Gasteiger partial charge in [0.05, 0.1) is 0 Å². The SMILES string of the molecule is O=C(/C=C/c1ccccc1)N1CCC=C(Cl)C1=O. The summed E-state index contributed by atoms with van der Waals surface area (Å²) in [5.41, 5.74) is 0.914. The van der Waals surface area contributed by atoms with Crippen LogP contribution in [0, 0.1) is 0 Å². The van der Waals surface area contributed by atoms with Gasteiger partial charge in [0.2, 0.25) is 0 Å². The van der Waals surface area contributed by atoms with Crippen molar-refractivity contribution < 1.29 is 9.59 Å². The Hall–Kier alpha value is -1.87. The third-order valence-electron chi connectivity index (χ3n) is 2.61. The van der Waals surface area contributed by atoms with Gasteiger partial charge in [-0.25, -0.2) is 0 Å². The first kappa shape index (κ1) is 12.6. The van der Waals surface area contributed by atoms with Crippen LogP contribution in [0.1, 0.15) is 12.0 Å². The fraction of sp³-hybridized carbons (Fsp3) is 0.143. The van der Waals surface area contributed by atoms with Crippen molar-refractivity contribution in [3.05, 3.63) is 53.1 Å². The predicted molar refractivity (Wildman–Crippen MR) is 70.7 cm³/mol. The maximum atomic E-state index is 11.9. The van der Waals surface area contributed by atoms with Crippen LogP contribution in [-0.2, 0) is 9.59 Å². The van der Waals surface area contributed by atoms with Gasteiger partial charge < -0.3 is 0 Å². The molecule has 0 saturated carbocycles. The number of imide groups is 1. The van der Waals surface area contributed by atoms with Gasteiger partial charge in [-0.1, -0.05) is 48.0 Å². The second kappa shape index (κ2) is 5.65. The lowest BCUT2D eigenvalue weighted by Crippen LogP contribution is -2.38. The Balaban J connectivity index is 2.07. The minimum absolute atomic E-state index is 0.114. The van der Waals surface area contributed by atoms with Crippen molar-refractivity contribution in [2.75, 3.05) is 6.54 Å². The first-order valence-corrected chi connectivity index (χ1v) is 6.01. The van der Waals surface area contributed by atoms with E-state index in [1.807, 2.05) is 30.3 Å². The topological polar surface area (TPSA) is 37.4 Å². The van der Waals surface area contributed by atoms with Crippen LogP contribution in [0.25, 0.3) is 6.08 Å². The zero-order valence-electron chi connectivity index (χ0n) is 9.67. The van der Waals surface area contributed by atoms with Gasteiger partial charge in [-0.2, -0.15) is 0 Å². The number of nitrogens with zero attached hydrogens (tertiary/aromatic N) is 1. The van der Waals surface area contributed by atoms with Gasteiger partial charge in [-0.3, -0.25) is 14.5 Å². The van der Waals surface area contributed by atoms with E-state index in [0.29, 0.717) is 13.0 Å². The number of carbonyl (C=O) groups is 2. The lowest BCUT2D eigenvalue weighted by Gasteiger charge is -2.21. The molecule has 0 saturated heterocycles. The highest BCUT2D eigenvalue weighted by atomic mass is 35.5. The summed E-state index contributed by atoms with van der Waals surface area (Å²) in [4.78, 5) is 24.7. The molecule has 1 aliphatic rings. The highest BCUT2D eigenvalue weighted by Gasteiger charge is 2.24. The minimum Gasteiger partial charge on any atom is -0.274 e. The fourth-order valence-corrected chi connectivity index (χ4v) is 1.88. The molecule has 1 aromatic rings. The Kier molecular flexibility index (Phi) is 3.95. The lowest BCUT2D eigenvalue weighted by molar-refractivity contribution is -0.139. The van der Waals surface area contributed by atoms with Crippen LogP contribution in [0.2, 0.25) is 0 Å². The van der Waals surface area contributed by atoms with Crippen LogP contribution in [0.15, 0.2) is 47.5 Å². The molecule has 0 aromatic heterocycles. The van der Waals surface area contributed by atoms with Crippen molar-refractivity contribution in [3.8, 4) is 0 Å². The number of amides is 2. The van der Waals surface area contributed by atoms with Gasteiger partial charge in [0.1, 0.15) is 5.03 Å². The molecule has 1 heterocycles. The van der Waals surface area contributed by atoms with E-state index >= 15 is 0 Å². The van der Waals surface area contributed by atoms with Crippen LogP contribution in [0.5, 0.6) is 0 Å². The molecule has 0 bridgehead atoms. The average Bonchev–Trinajstić information content (AvgIpc) is 2.40. The predicted octanol–water partition coefficient (Wildman–Crippen LogP) is 2.58. The maximum absolute atomic E-state index is 11.9. The van der Waals surface area contributed by atoms with E-state index in [4.69, 9.17) is 11.6 Å². The summed E-state index contributed by atoms with van der Waals surface area (Å²) in [6, 6.07) is 9.44. The Bertz CT molecular complexity index is 520. The molecule has 3 nitrogen and oxygen atoms in total. The van der Waals surface area contributed by atoms with Gasteiger partial charge in [0.15, 0.2) is 0 Å². The Morgan fingerprint density at radius 1 is 1.28 bits per heavy atom. The zero-order chi connectivity index (χ0) is 13.0. The number of benzene rings is 1. The highest BCUT2D eigenvalue weighted by molar-refractivity contribution is 6.43. The molecule has 18 heavy (non-hydrogen) atoms. The molecule has 2 amide bonds. The summed E-state index contributed by atoms with van der Waals surface area (Å²) in [6.45, 7) is 0.382. The smallest absolute Gasteiger partial charge is 0.271 e. The van der Waals surface area contributed by atoms with E-state index in [9.17, 15) is 9.59 Å². The third kappa shape index (κ3) is 2.87. The summed E-state index contributed by atoms with van der Waals surface area (Å²) in [6.07, 6.45) is 5.31. The first-order chi connectivity index (χ1) is 8.68. The van der Waals surface area contributed by atoms with Gasteiger partial charge in [0, 0.05) is 12.6 Å². The molecular formula is C14H12ClNO2. The third-order valence-corrected chi connectivity index (χ3v) is 2.93. The Morgan fingerprint density at radius 3 is 2.72 bits per heavy atom. The van der Waals surface area contributed by atoms with E-state index in [-0.39, 0.29) is 10.9 Å². The second-order valence-electron chi connectivity index (χ2n) is 3.88. The molecule has 0 radical (unpaired) electrons. The van der Waals surface area contributed by atoms with Crippen molar-refractivity contribution in [2.45, 2.75) is 6.42 Å². The molecule has 1 aromatic carbocycles. The standard InChI is InChI=1S/C14H12ClNO2/c15-12-7-4-10-16(14(12)18)13(17)9-8-11-5-2-1-3-6-11/h1-3,5-9H,4,10H2/b9-8+. The average molecular weight is 262 g/mol. The number of halogens is 1. The van der Waals surface area contributed by atoms with Gasteiger partial charge in [-0.15, -0.1) is 0 Å². The van der Waals surface area contributed by atoms with Crippen molar-refractivity contribution in [1.82, 2.24) is 4.90 Å². The Labute approximate surface area is 110 Å². The number of rotatable bonds is 2. The maximum Gasteiger partial charge on any atom is 0.271 e. The van der Waals surface area contributed by atoms with Crippen molar-refractivity contribution >= 4 is 29.5 Å². The quantitative estimate of drug-likeness (QED) is 0.768. The molecule has 0 aliphatic carbocycles. The number of hydrogen-bond acceptors (Lipinski definition) is 2. The summed E-state index contributed by atoms with van der Waals surface area (Å²) < 4.78 is 0. The molecule has 92 valence electrons. The monoisotopic (exact) mass is 261 g/mol. The largest absolute Gasteiger partial charge is 0.274 e. The van der Waals surface area contributed by atoms with Crippen LogP contribution in [0.3, 0.4) is 0 Å². The Morgan fingerprint density at radius 2 is 2.00 bits per heavy atom. The summed E-state index contributed by atoms with van der Waals surface area (Å²) in [5.74, 6) is -0.763. The lowest BCUT2D eigenvalue weighted by atomic mass is 10.2. The molecule has 0 fully saturated rings. The summed E-state index contributed by atoms with van der Waals surface area (Å²) in [7, 11) is 0. The van der Waals surface area contributed by atoms with E-state index in [0.717, 1.165) is 10.5 Å². The molecule has 4 heteroatoms. The first-order valence-electron chi connectivity index (χ1n) is 5.63. The van der Waals surface area contributed by atoms with Crippen LogP contribution >= 0.6 is 11.6 Å². The molecular weight excluding hydrogens is 250 g/mol. The second-order valence-corrected chi connectivity index (χ2v) is 4.29. The van der Waals surface area contributed by atoms with Crippen molar-refractivity contribution in [1.29, 1.82) is 0 Å². The fourth-order valence-electron chi connectivity index (χ4n) is 1.67. The number of hydrogen-bond donors (Lipinski definition) is 0. The highest BCUT2D eigenvalue weighted by Crippen LogP contribution is 2.15.